The summed E-state index contributed by atoms with van der Waals surface area (Å²) in [4.78, 5) is 3.74. The Morgan fingerprint density at radius 3 is 2.60 bits per heavy atom. The van der Waals surface area contributed by atoms with Crippen LogP contribution in [0.1, 0.15) is 6.92 Å². The van der Waals surface area contributed by atoms with Gasteiger partial charge in [0.05, 0.1) is 12.5 Å². The number of rotatable bonds is 2. The molecule has 0 amide bonds. The highest BCUT2D eigenvalue weighted by Crippen LogP contribution is 2.28. The Morgan fingerprint density at radius 2 is 2.13 bits per heavy atom. The zero-order chi connectivity index (χ0) is 11.7. The fraction of sp³-hybridized carbons (Fsp3) is 0.571. The fourth-order valence-corrected chi connectivity index (χ4v) is 1.47. The van der Waals surface area contributed by atoms with Crippen LogP contribution in [0.4, 0.5) is 13.2 Å². The number of allylic oxidation sites excluding steroid dienone is 1. The Balaban J connectivity index is 2.84. The molecule has 4 nitrogen and oxygen atoms in total. The van der Waals surface area contributed by atoms with Gasteiger partial charge in [-0.25, -0.2) is 0 Å². The van der Waals surface area contributed by atoms with Crippen molar-refractivity contribution in [3.8, 4) is 0 Å². The third kappa shape index (κ3) is 2.71. The first-order valence-electron chi connectivity index (χ1n) is 3.95. The molecule has 1 aliphatic heterocycles. The van der Waals surface area contributed by atoms with Crippen LogP contribution in [-0.2, 0) is 14.3 Å². The number of hydrogen-bond acceptors (Lipinski definition) is 4. The number of halogens is 3. The van der Waals surface area contributed by atoms with Crippen LogP contribution >= 0.6 is 0 Å². The molecule has 0 radical (unpaired) electrons. The number of nitrogens with zero attached hydrogens (tertiary/aromatic N) is 1. The molecule has 0 bridgehead atoms. The van der Waals surface area contributed by atoms with Crippen molar-refractivity contribution in [1.29, 1.82) is 0 Å². The molecule has 1 heterocycles. The van der Waals surface area contributed by atoms with Gasteiger partial charge in [0.2, 0.25) is 0 Å². The molecule has 0 fully saturated rings. The van der Waals surface area contributed by atoms with E-state index in [-0.39, 0.29) is 12.3 Å². The van der Waals surface area contributed by atoms with E-state index in [2.05, 4.69) is 9.18 Å². The molecule has 0 N–H and O–H groups in total. The lowest BCUT2D eigenvalue weighted by Crippen LogP contribution is -2.27. The van der Waals surface area contributed by atoms with Gasteiger partial charge >= 0.3 is 15.6 Å². The average Bonchev–Trinajstić information content (AvgIpc) is 2.06. The van der Waals surface area contributed by atoms with E-state index >= 15 is 0 Å². The van der Waals surface area contributed by atoms with Crippen LogP contribution in [0.2, 0.25) is 0 Å². The highest BCUT2D eigenvalue weighted by atomic mass is 32.2. The standard InChI is InChI=1S/C7H8F3NO3S/c1-5-4-11-3-2-6(5)14-15(12,13)7(8,9)10/h2,4-5H,3H2,1H3. The van der Waals surface area contributed by atoms with E-state index in [0.29, 0.717) is 0 Å². The summed E-state index contributed by atoms with van der Waals surface area (Å²) in [7, 11) is -5.56. The van der Waals surface area contributed by atoms with Gasteiger partial charge < -0.3 is 4.18 Å². The van der Waals surface area contributed by atoms with Gasteiger partial charge in [-0.3, -0.25) is 4.99 Å². The highest BCUT2D eigenvalue weighted by Gasteiger charge is 2.49. The summed E-state index contributed by atoms with van der Waals surface area (Å²) in [6.07, 6.45) is 2.54. The molecule has 0 aliphatic carbocycles. The normalized spacial score (nSPS) is 22.4. The van der Waals surface area contributed by atoms with Gasteiger partial charge in [0, 0.05) is 6.21 Å². The lowest BCUT2D eigenvalue weighted by atomic mass is 10.1. The van der Waals surface area contributed by atoms with Crippen LogP contribution in [0.5, 0.6) is 0 Å². The molecular formula is C7H8F3NO3S. The minimum absolute atomic E-state index is 0.118. The first-order chi connectivity index (χ1) is 6.74. The van der Waals surface area contributed by atoms with Crippen LogP contribution in [0.25, 0.3) is 0 Å². The highest BCUT2D eigenvalue weighted by molar-refractivity contribution is 7.87. The molecule has 0 saturated heterocycles. The van der Waals surface area contributed by atoms with Crippen molar-refractivity contribution in [2.45, 2.75) is 12.4 Å². The number of hydrogen-bond donors (Lipinski definition) is 0. The van der Waals surface area contributed by atoms with Gasteiger partial charge in [-0.2, -0.15) is 21.6 Å². The average molecular weight is 243 g/mol. The Morgan fingerprint density at radius 1 is 1.53 bits per heavy atom. The predicted molar refractivity (Wildman–Crippen MR) is 46.7 cm³/mol. The largest absolute Gasteiger partial charge is 0.534 e. The molecule has 86 valence electrons. The summed E-state index contributed by atoms with van der Waals surface area (Å²) in [5.74, 6) is -0.821. The van der Waals surface area contributed by atoms with Crippen molar-refractivity contribution in [3.05, 3.63) is 11.8 Å². The second kappa shape index (κ2) is 3.84. The van der Waals surface area contributed by atoms with Gasteiger partial charge in [0.25, 0.3) is 0 Å². The van der Waals surface area contributed by atoms with E-state index in [1.54, 1.807) is 0 Å². The molecule has 8 heteroatoms. The Kier molecular flexibility index (Phi) is 3.08. The van der Waals surface area contributed by atoms with Crippen molar-refractivity contribution in [2.75, 3.05) is 6.54 Å². The van der Waals surface area contributed by atoms with Gasteiger partial charge in [-0.1, -0.05) is 6.92 Å². The molecule has 0 spiro atoms. The van der Waals surface area contributed by atoms with Crippen LogP contribution in [0.3, 0.4) is 0 Å². The third-order valence-electron chi connectivity index (χ3n) is 1.67. The molecule has 0 aromatic heterocycles. The summed E-state index contributed by atoms with van der Waals surface area (Å²) in [6.45, 7) is 1.60. The quantitative estimate of drug-likeness (QED) is 0.545. The molecule has 0 saturated carbocycles. The van der Waals surface area contributed by atoms with E-state index in [4.69, 9.17) is 0 Å². The molecule has 1 unspecified atom stereocenters. The molecule has 15 heavy (non-hydrogen) atoms. The Labute approximate surface area is 84.6 Å². The topological polar surface area (TPSA) is 55.7 Å². The second-order valence-corrected chi connectivity index (χ2v) is 4.43. The smallest absolute Gasteiger partial charge is 0.380 e. The summed E-state index contributed by atoms with van der Waals surface area (Å²) < 4.78 is 61.1. The van der Waals surface area contributed by atoms with Crippen molar-refractivity contribution in [3.63, 3.8) is 0 Å². The van der Waals surface area contributed by atoms with E-state index < -0.39 is 21.5 Å². The minimum Gasteiger partial charge on any atom is -0.380 e. The van der Waals surface area contributed by atoms with Crippen molar-refractivity contribution in [1.82, 2.24) is 0 Å². The maximum Gasteiger partial charge on any atom is 0.534 e. The zero-order valence-corrected chi connectivity index (χ0v) is 8.47. The predicted octanol–water partition coefficient (Wildman–Crippen LogP) is 1.46. The van der Waals surface area contributed by atoms with Gasteiger partial charge in [-0.05, 0) is 6.08 Å². The lowest BCUT2D eigenvalue weighted by molar-refractivity contribution is -0.0524. The van der Waals surface area contributed by atoms with E-state index in [0.717, 1.165) is 0 Å². The van der Waals surface area contributed by atoms with Crippen LogP contribution in [0, 0.1) is 5.92 Å². The first-order valence-corrected chi connectivity index (χ1v) is 5.35. The SMILES string of the molecule is CC1C=NCC=C1OS(=O)(=O)C(F)(F)F. The summed E-state index contributed by atoms with van der Waals surface area (Å²) in [5, 5.41) is 0. The second-order valence-electron chi connectivity index (χ2n) is 2.89. The van der Waals surface area contributed by atoms with E-state index in [9.17, 15) is 21.6 Å². The maximum absolute atomic E-state index is 11.9. The number of aliphatic imine (C=N–C) groups is 1. The van der Waals surface area contributed by atoms with E-state index in [1.807, 2.05) is 0 Å². The molecule has 1 aliphatic rings. The summed E-state index contributed by atoms with van der Waals surface area (Å²) in [6, 6.07) is 0. The van der Waals surface area contributed by atoms with Crippen LogP contribution < -0.4 is 0 Å². The van der Waals surface area contributed by atoms with Crippen molar-refractivity contribution < 1.29 is 25.8 Å². The maximum atomic E-state index is 11.9. The van der Waals surface area contributed by atoms with Gasteiger partial charge in [0.1, 0.15) is 5.76 Å². The van der Waals surface area contributed by atoms with Crippen molar-refractivity contribution in [2.24, 2.45) is 10.9 Å². The Hall–Kier alpha value is -1.05. The van der Waals surface area contributed by atoms with Gasteiger partial charge in [0.15, 0.2) is 0 Å². The summed E-state index contributed by atoms with van der Waals surface area (Å²) in [5.41, 5.74) is -5.40. The van der Waals surface area contributed by atoms with Crippen molar-refractivity contribution >= 4 is 16.3 Å². The Bertz CT molecular complexity index is 396. The minimum atomic E-state index is -5.56. The molecule has 0 aromatic rings. The molecule has 1 rings (SSSR count). The number of alkyl halides is 3. The third-order valence-corrected chi connectivity index (χ3v) is 2.64. The molecular weight excluding hydrogens is 235 g/mol. The first kappa shape index (κ1) is 12.0. The number of dihydropyridines is 1. The molecule has 1 atom stereocenters. The van der Waals surface area contributed by atoms with Crippen LogP contribution in [0.15, 0.2) is 16.8 Å². The lowest BCUT2D eigenvalue weighted by Gasteiger charge is -2.16. The summed E-state index contributed by atoms with van der Waals surface area (Å²) >= 11 is 0. The molecule has 0 aromatic carbocycles. The fourth-order valence-electron chi connectivity index (χ4n) is 0.905. The van der Waals surface area contributed by atoms with E-state index in [1.165, 1.54) is 19.2 Å². The van der Waals surface area contributed by atoms with Gasteiger partial charge in [-0.15, -0.1) is 0 Å². The zero-order valence-electron chi connectivity index (χ0n) is 7.65. The van der Waals surface area contributed by atoms with Crippen LogP contribution in [-0.4, -0.2) is 26.7 Å². The monoisotopic (exact) mass is 243 g/mol.